The second-order valence-electron chi connectivity index (χ2n) is 5.96. The highest BCUT2D eigenvalue weighted by Crippen LogP contribution is 2.21. The van der Waals surface area contributed by atoms with Crippen molar-refractivity contribution in [3.63, 3.8) is 0 Å². The summed E-state index contributed by atoms with van der Waals surface area (Å²) in [7, 11) is 1.83. The molecule has 0 bridgehead atoms. The molecule has 2 aromatic carbocycles. The molecule has 0 saturated carbocycles. The molecular formula is C20H26N2OS. The Morgan fingerprint density at radius 2 is 1.83 bits per heavy atom. The fourth-order valence-corrected chi connectivity index (χ4v) is 3.17. The molecule has 0 aliphatic carbocycles. The molecule has 0 saturated heterocycles. The van der Waals surface area contributed by atoms with E-state index in [9.17, 15) is 4.79 Å². The van der Waals surface area contributed by atoms with Crippen LogP contribution in [0.1, 0.15) is 36.6 Å². The quantitative estimate of drug-likeness (QED) is 0.748. The Balaban J connectivity index is 1.94. The number of hydrogen-bond acceptors (Lipinski definition) is 2. The van der Waals surface area contributed by atoms with Crippen molar-refractivity contribution in [1.29, 1.82) is 0 Å². The molecule has 1 unspecified atom stereocenters. The average Bonchev–Trinajstić information content (AvgIpc) is 2.57. The molecule has 3 nitrogen and oxygen atoms in total. The van der Waals surface area contributed by atoms with Gasteiger partial charge in [-0.15, -0.1) is 11.8 Å². The largest absolute Gasteiger partial charge is 0.331 e. The molecule has 1 atom stereocenters. The van der Waals surface area contributed by atoms with E-state index >= 15 is 0 Å². The van der Waals surface area contributed by atoms with E-state index in [1.54, 1.807) is 4.90 Å². The van der Waals surface area contributed by atoms with Crippen molar-refractivity contribution >= 4 is 17.8 Å². The lowest BCUT2D eigenvalue weighted by Gasteiger charge is -2.22. The summed E-state index contributed by atoms with van der Waals surface area (Å²) in [4.78, 5) is 15.4. The van der Waals surface area contributed by atoms with Crippen molar-refractivity contribution < 1.29 is 4.79 Å². The van der Waals surface area contributed by atoms with Gasteiger partial charge in [0.2, 0.25) is 0 Å². The van der Waals surface area contributed by atoms with Crippen molar-refractivity contribution in [3.05, 3.63) is 65.2 Å². The summed E-state index contributed by atoms with van der Waals surface area (Å²) in [5.74, 6) is 1.06. The van der Waals surface area contributed by atoms with Gasteiger partial charge >= 0.3 is 6.03 Å². The second-order valence-corrected chi connectivity index (χ2v) is 7.29. The molecular weight excluding hydrogens is 316 g/mol. The van der Waals surface area contributed by atoms with E-state index in [0.29, 0.717) is 6.54 Å². The Bertz CT molecular complexity index is 670. The Labute approximate surface area is 149 Å². The van der Waals surface area contributed by atoms with Gasteiger partial charge in [0.05, 0.1) is 6.04 Å². The summed E-state index contributed by atoms with van der Waals surface area (Å²) < 4.78 is 0. The Morgan fingerprint density at radius 3 is 2.46 bits per heavy atom. The van der Waals surface area contributed by atoms with Crippen LogP contribution in [0.25, 0.3) is 0 Å². The van der Waals surface area contributed by atoms with E-state index in [-0.39, 0.29) is 12.1 Å². The van der Waals surface area contributed by atoms with Gasteiger partial charge in [-0.25, -0.2) is 4.79 Å². The molecule has 2 amide bonds. The zero-order valence-electron chi connectivity index (χ0n) is 14.9. The van der Waals surface area contributed by atoms with Crippen LogP contribution in [0.2, 0.25) is 0 Å². The van der Waals surface area contributed by atoms with Gasteiger partial charge < -0.3 is 10.2 Å². The van der Waals surface area contributed by atoms with Crippen molar-refractivity contribution in [3.8, 4) is 0 Å². The van der Waals surface area contributed by atoms with Crippen molar-refractivity contribution in [2.75, 3.05) is 12.8 Å². The number of urea groups is 1. The van der Waals surface area contributed by atoms with E-state index in [4.69, 9.17) is 0 Å². The van der Waals surface area contributed by atoms with E-state index in [1.807, 2.05) is 37.9 Å². The summed E-state index contributed by atoms with van der Waals surface area (Å²) in [6.45, 7) is 6.84. The first kappa shape index (κ1) is 18.4. The van der Waals surface area contributed by atoms with Crippen LogP contribution in [-0.2, 0) is 6.54 Å². The number of thioether (sulfide) groups is 1. The SMILES string of the molecule is CCSc1ccc(C(C)NC(=O)N(C)Cc2ccccc2C)cc1. The lowest BCUT2D eigenvalue weighted by Crippen LogP contribution is -2.38. The van der Waals surface area contributed by atoms with Crippen LogP contribution >= 0.6 is 11.8 Å². The average molecular weight is 343 g/mol. The third-order valence-electron chi connectivity index (χ3n) is 4.05. The molecule has 128 valence electrons. The smallest absolute Gasteiger partial charge is 0.317 e. The van der Waals surface area contributed by atoms with Crippen LogP contribution in [0.4, 0.5) is 4.79 Å². The van der Waals surface area contributed by atoms with Gasteiger partial charge in [-0.1, -0.05) is 43.3 Å². The van der Waals surface area contributed by atoms with Gasteiger partial charge in [-0.3, -0.25) is 0 Å². The summed E-state index contributed by atoms with van der Waals surface area (Å²) in [6.07, 6.45) is 0. The molecule has 0 radical (unpaired) electrons. The third-order valence-corrected chi connectivity index (χ3v) is 4.94. The third kappa shape index (κ3) is 5.03. The fraction of sp³-hybridized carbons (Fsp3) is 0.350. The Hall–Kier alpha value is -1.94. The van der Waals surface area contributed by atoms with E-state index in [1.165, 1.54) is 16.0 Å². The normalized spacial score (nSPS) is 11.8. The molecule has 0 aliphatic heterocycles. The molecule has 0 spiro atoms. The first-order valence-corrected chi connectivity index (χ1v) is 9.28. The van der Waals surface area contributed by atoms with Crippen molar-refractivity contribution in [1.82, 2.24) is 10.2 Å². The Kier molecular flexibility index (Phi) is 6.73. The summed E-state index contributed by atoms with van der Waals surface area (Å²) in [6, 6.07) is 16.5. The van der Waals surface area contributed by atoms with Gasteiger partial charge in [0.1, 0.15) is 0 Å². The fourth-order valence-electron chi connectivity index (χ4n) is 2.51. The van der Waals surface area contributed by atoms with Crippen LogP contribution in [0.5, 0.6) is 0 Å². The molecule has 24 heavy (non-hydrogen) atoms. The number of nitrogens with zero attached hydrogens (tertiary/aromatic N) is 1. The first-order chi connectivity index (χ1) is 11.5. The lowest BCUT2D eigenvalue weighted by atomic mass is 10.1. The highest BCUT2D eigenvalue weighted by Gasteiger charge is 2.14. The summed E-state index contributed by atoms with van der Waals surface area (Å²) >= 11 is 1.82. The van der Waals surface area contributed by atoms with Gasteiger partial charge in [0.25, 0.3) is 0 Å². The number of benzene rings is 2. The number of rotatable bonds is 6. The number of hydrogen-bond donors (Lipinski definition) is 1. The number of carbonyl (C=O) groups is 1. The first-order valence-electron chi connectivity index (χ1n) is 8.30. The molecule has 4 heteroatoms. The summed E-state index contributed by atoms with van der Waals surface area (Å²) in [5, 5.41) is 3.07. The molecule has 0 aromatic heterocycles. The van der Waals surface area contributed by atoms with Gasteiger partial charge in [-0.05, 0) is 48.4 Å². The topological polar surface area (TPSA) is 32.3 Å². The maximum atomic E-state index is 12.4. The van der Waals surface area contributed by atoms with Crippen LogP contribution in [0.3, 0.4) is 0 Å². The minimum absolute atomic E-state index is 0.0162. The zero-order chi connectivity index (χ0) is 17.5. The standard InChI is InChI=1S/C20H26N2OS/c1-5-24-19-12-10-17(11-13-19)16(3)21-20(23)22(4)14-18-9-7-6-8-15(18)2/h6-13,16H,5,14H2,1-4H3,(H,21,23). The minimum atomic E-state index is -0.0576. The van der Waals surface area contributed by atoms with Crippen LogP contribution in [0, 0.1) is 6.92 Å². The molecule has 2 aromatic rings. The molecule has 1 N–H and O–H groups in total. The van der Waals surface area contributed by atoms with Gasteiger partial charge in [0.15, 0.2) is 0 Å². The van der Waals surface area contributed by atoms with E-state index in [0.717, 1.165) is 11.3 Å². The monoisotopic (exact) mass is 342 g/mol. The van der Waals surface area contributed by atoms with Crippen LogP contribution in [-0.4, -0.2) is 23.7 Å². The second kappa shape index (κ2) is 8.78. The van der Waals surface area contributed by atoms with Gasteiger partial charge in [0, 0.05) is 18.5 Å². The number of aryl methyl sites for hydroxylation is 1. The predicted octanol–water partition coefficient (Wildman–Crippen LogP) is 5.01. The van der Waals surface area contributed by atoms with Gasteiger partial charge in [-0.2, -0.15) is 0 Å². The highest BCUT2D eigenvalue weighted by molar-refractivity contribution is 7.99. The van der Waals surface area contributed by atoms with Crippen LogP contribution in [0.15, 0.2) is 53.4 Å². The van der Waals surface area contributed by atoms with Crippen molar-refractivity contribution in [2.24, 2.45) is 0 Å². The molecule has 0 heterocycles. The Morgan fingerprint density at radius 1 is 1.17 bits per heavy atom. The minimum Gasteiger partial charge on any atom is -0.331 e. The summed E-state index contributed by atoms with van der Waals surface area (Å²) in [5.41, 5.74) is 3.49. The van der Waals surface area contributed by atoms with E-state index in [2.05, 4.69) is 55.6 Å². The molecule has 0 fully saturated rings. The zero-order valence-corrected chi connectivity index (χ0v) is 15.7. The number of nitrogens with one attached hydrogen (secondary N) is 1. The lowest BCUT2D eigenvalue weighted by molar-refractivity contribution is 0.203. The van der Waals surface area contributed by atoms with Crippen molar-refractivity contribution in [2.45, 2.75) is 38.3 Å². The molecule has 0 aliphatic rings. The molecule has 2 rings (SSSR count). The van der Waals surface area contributed by atoms with E-state index < -0.39 is 0 Å². The maximum absolute atomic E-state index is 12.4. The predicted molar refractivity (Wildman–Crippen MR) is 102 cm³/mol. The maximum Gasteiger partial charge on any atom is 0.317 e. The van der Waals surface area contributed by atoms with Crippen LogP contribution < -0.4 is 5.32 Å². The highest BCUT2D eigenvalue weighted by atomic mass is 32.2. The number of amides is 2. The number of carbonyl (C=O) groups excluding carboxylic acids is 1.